The molecule has 0 aromatic heterocycles. The third kappa shape index (κ3) is 8.27. The summed E-state index contributed by atoms with van der Waals surface area (Å²) < 4.78 is 0. The number of hydrogen-bond donors (Lipinski definition) is 3. The van der Waals surface area contributed by atoms with Gasteiger partial charge in [-0.15, -0.1) is 0 Å². The second-order valence-corrected chi connectivity index (χ2v) is 6.64. The Balaban J connectivity index is 0.000000277. The Hall–Kier alpha value is -3.02. The molecule has 0 atom stereocenters. The summed E-state index contributed by atoms with van der Waals surface area (Å²) in [5, 5.41) is 5.29. The molecule has 6 nitrogen and oxygen atoms in total. The van der Waals surface area contributed by atoms with E-state index in [-0.39, 0.29) is 6.03 Å². The molecule has 0 spiro atoms. The van der Waals surface area contributed by atoms with E-state index in [9.17, 15) is 9.59 Å². The molecule has 4 N–H and O–H groups in total. The highest BCUT2D eigenvalue weighted by atomic mass is 16.2. The SMILES string of the molecule is CC(C)c1ccc(NC(=O)N(C)C)cc1.CCc1ccc(NC(N)=O)cc1. The van der Waals surface area contributed by atoms with Crippen LogP contribution >= 0.6 is 0 Å². The van der Waals surface area contributed by atoms with Crippen molar-refractivity contribution in [1.82, 2.24) is 4.90 Å². The maximum Gasteiger partial charge on any atom is 0.321 e. The van der Waals surface area contributed by atoms with E-state index in [1.807, 2.05) is 48.5 Å². The summed E-state index contributed by atoms with van der Waals surface area (Å²) in [5.41, 5.74) is 9.03. The van der Waals surface area contributed by atoms with E-state index in [2.05, 4.69) is 31.4 Å². The lowest BCUT2D eigenvalue weighted by Crippen LogP contribution is -2.27. The topological polar surface area (TPSA) is 87.5 Å². The summed E-state index contributed by atoms with van der Waals surface area (Å²) in [5.74, 6) is 0.517. The maximum atomic E-state index is 11.3. The third-order valence-corrected chi connectivity index (χ3v) is 3.86. The number of benzene rings is 2. The van der Waals surface area contributed by atoms with Crippen molar-refractivity contribution < 1.29 is 9.59 Å². The lowest BCUT2D eigenvalue weighted by Gasteiger charge is -2.12. The lowest BCUT2D eigenvalue weighted by atomic mass is 10.0. The molecule has 0 aliphatic carbocycles. The van der Waals surface area contributed by atoms with Gasteiger partial charge in [-0.25, -0.2) is 9.59 Å². The van der Waals surface area contributed by atoms with Crippen LogP contribution in [-0.2, 0) is 6.42 Å². The Bertz CT molecular complexity index is 723. The van der Waals surface area contributed by atoms with Crippen LogP contribution in [0.4, 0.5) is 21.0 Å². The summed E-state index contributed by atoms with van der Waals surface area (Å²) in [7, 11) is 3.44. The van der Waals surface area contributed by atoms with Crippen LogP contribution in [0, 0.1) is 0 Å². The zero-order valence-corrected chi connectivity index (χ0v) is 16.7. The number of nitrogens with one attached hydrogen (secondary N) is 2. The highest BCUT2D eigenvalue weighted by Crippen LogP contribution is 2.17. The lowest BCUT2D eigenvalue weighted by molar-refractivity contribution is 0.230. The van der Waals surface area contributed by atoms with Gasteiger partial charge in [-0.1, -0.05) is 45.0 Å². The Kier molecular flexibility index (Phi) is 8.85. The van der Waals surface area contributed by atoms with Gasteiger partial charge in [0.15, 0.2) is 0 Å². The van der Waals surface area contributed by atoms with E-state index in [0.29, 0.717) is 5.92 Å². The molecular weight excluding hydrogens is 340 g/mol. The number of aryl methyl sites for hydroxylation is 1. The first-order chi connectivity index (χ1) is 12.7. The summed E-state index contributed by atoms with van der Waals surface area (Å²) in [6.07, 6.45) is 0.997. The first kappa shape index (κ1) is 22.0. The molecule has 0 unspecified atom stereocenters. The number of nitrogens with zero attached hydrogens (tertiary/aromatic N) is 1. The van der Waals surface area contributed by atoms with Gasteiger partial charge >= 0.3 is 12.1 Å². The van der Waals surface area contributed by atoms with Gasteiger partial charge in [0, 0.05) is 25.5 Å². The van der Waals surface area contributed by atoms with Crippen molar-refractivity contribution in [3.63, 3.8) is 0 Å². The Morgan fingerprint density at radius 3 is 1.81 bits per heavy atom. The van der Waals surface area contributed by atoms with Gasteiger partial charge in [-0.05, 0) is 47.7 Å². The summed E-state index contributed by atoms with van der Waals surface area (Å²) in [4.78, 5) is 23.3. The number of amides is 4. The Morgan fingerprint density at radius 2 is 1.41 bits per heavy atom. The molecule has 27 heavy (non-hydrogen) atoms. The van der Waals surface area contributed by atoms with Gasteiger partial charge in [0.2, 0.25) is 0 Å². The van der Waals surface area contributed by atoms with Crippen molar-refractivity contribution in [1.29, 1.82) is 0 Å². The van der Waals surface area contributed by atoms with Gasteiger partial charge in [0.25, 0.3) is 0 Å². The van der Waals surface area contributed by atoms with Crippen LogP contribution in [0.1, 0.15) is 37.8 Å². The van der Waals surface area contributed by atoms with Crippen molar-refractivity contribution >= 4 is 23.4 Å². The molecule has 0 radical (unpaired) electrons. The fourth-order valence-corrected chi connectivity index (χ4v) is 2.15. The molecule has 4 amide bonds. The molecular formula is C21H30N4O2. The number of anilines is 2. The van der Waals surface area contributed by atoms with E-state index in [4.69, 9.17) is 5.73 Å². The fourth-order valence-electron chi connectivity index (χ4n) is 2.15. The van der Waals surface area contributed by atoms with Crippen molar-refractivity contribution in [3.8, 4) is 0 Å². The minimum Gasteiger partial charge on any atom is -0.351 e. The number of primary amides is 1. The number of carbonyl (C=O) groups is 2. The molecule has 6 heteroatoms. The second-order valence-electron chi connectivity index (χ2n) is 6.64. The monoisotopic (exact) mass is 370 g/mol. The summed E-state index contributed by atoms with van der Waals surface area (Å²) in [6, 6.07) is 14.9. The molecule has 0 bridgehead atoms. The van der Waals surface area contributed by atoms with Crippen molar-refractivity contribution in [2.24, 2.45) is 5.73 Å². The van der Waals surface area contributed by atoms with E-state index < -0.39 is 6.03 Å². The molecule has 146 valence electrons. The van der Waals surface area contributed by atoms with Crippen LogP contribution in [0.25, 0.3) is 0 Å². The van der Waals surface area contributed by atoms with Crippen molar-refractivity contribution in [3.05, 3.63) is 59.7 Å². The number of nitrogens with two attached hydrogens (primary N) is 1. The molecule has 0 aliphatic heterocycles. The van der Waals surface area contributed by atoms with Gasteiger partial charge < -0.3 is 21.3 Å². The predicted molar refractivity (Wildman–Crippen MR) is 112 cm³/mol. The van der Waals surface area contributed by atoms with Crippen LogP contribution in [-0.4, -0.2) is 31.1 Å². The van der Waals surface area contributed by atoms with Gasteiger partial charge in [0.05, 0.1) is 0 Å². The molecule has 2 aromatic rings. The zero-order valence-electron chi connectivity index (χ0n) is 16.7. The van der Waals surface area contributed by atoms with E-state index in [0.717, 1.165) is 17.8 Å². The smallest absolute Gasteiger partial charge is 0.321 e. The summed E-state index contributed by atoms with van der Waals surface area (Å²) >= 11 is 0. The van der Waals surface area contributed by atoms with Crippen LogP contribution in [0.15, 0.2) is 48.5 Å². The van der Waals surface area contributed by atoms with E-state index in [1.54, 1.807) is 14.1 Å². The number of rotatable bonds is 4. The molecule has 0 saturated heterocycles. The number of carbonyl (C=O) groups excluding carboxylic acids is 2. The first-order valence-corrected chi connectivity index (χ1v) is 8.96. The second kappa shape index (κ2) is 10.9. The molecule has 0 aliphatic rings. The average Bonchev–Trinajstić information content (AvgIpc) is 2.62. The van der Waals surface area contributed by atoms with Gasteiger partial charge in [-0.3, -0.25) is 0 Å². The van der Waals surface area contributed by atoms with Gasteiger partial charge in [-0.2, -0.15) is 0 Å². The van der Waals surface area contributed by atoms with Crippen LogP contribution in [0.3, 0.4) is 0 Å². The molecule has 2 rings (SSSR count). The van der Waals surface area contributed by atoms with Crippen LogP contribution in [0.5, 0.6) is 0 Å². The average molecular weight is 370 g/mol. The molecule has 0 heterocycles. The van der Waals surface area contributed by atoms with Crippen LogP contribution in [0.2, 0.25) is 0 Å². The molecule has 0 fully saturated rings. The zero-order chi connectivity index (χ0) is 20.4. The highest BCUT2D eigenvalue weighted by Gasteiger charge is 2.04. The van der Waals surface area contributed by atoms with Gasteiger partial charge in [0.1, 0.15) is 0 Å². The molecule has 0 saturated carbocycles. The number of urea groups is 2. The Morgan fingerprint density at radius 1 is 0.926 bits per heavy atom. The maximum absolute atomic E-state index is 11.3. The normalized spacial score (nSPS) is 9.85. The minimum atomic E-state index is -0.528. The third-order valence-electron chi connectivity index (χ3n) is 3.86. The largest absolute Gasteiger partial charge is 0.351 e. The Labute approximate surface area is 161 Å². The van der Waals surface area contributed by atoms with E-state index >= 15 is 0 Å². The summed E-state index contributed by atoms with van der Waals surface area (Å²) in [6.45, 7) is 6.37. The van der Waals surface area contributed by atoms with E-state index in [1.165, 1.54) is 16.0 Å². The number of hydrogen-bond acceptors (Lipinski definition) is 2. The predicted octanol–water partition coefficient (Wildman–Crippen LogP) is 4.64. The standard InChI is InChI=1S/C12H18N2O.C9H12N2O/c1-9(2)10-5-7-11(8-6-10)13-12(15)14(3)4;1-2-7-3-5-8(6-4-7)11-9(10)12/h5-9H,1-4H3,(H,13,15);3-6H,2H2,1H3,(H3,10,11,12). The first-order valence-electron chi connectivity index (χ1n) is 8.96. The minimum absolute atomic E-state index is 0.104. The van der Waals surface area contributed by atoms with Crippen molar-refractivity contribution in [2.75, 3.05) is 24.7 Å². The molecule has 2 aromatic carbocycles. The fraction of sp³-hybridized carbons (Fsp3) is 0.333. The highest BCUT2D eigenvalue weighted by molar-refractivity contribution is 5.89. The quantitative estimate of drug-likeness (QED) is 0.732. The van der Waals surface area contributed by atoms with Crippen LogP contribution < -0.4 is 16.4 Å². The van der Waals surface area contributed by atoms with Crippen molar-refractivity contribution in [2.45, 2.75) is 33.1 Å².